The summed E-state index contributed by atoms with van der Waals surface area (Å²) in [6.07, 6.45) is 0.904. The van der Waals surface area contributed by atoms with Gasteiger partial charge in [0.1, 0.15) is 11.9 Å². The second kappa shape index (κ2) is 5.48. The van der Waals surface area contributed by atoms with Crippen molar-refractivity contribution in [2.45, 2.75) is 12.5 Å². The van der Waals surface area contributed by atoms with Crippen molar-refractivity contribution >= 4 is 18.0 Å². The van der Waals surface area contributed by atoms with Crippen LogP contribution in [0.4, 0.5) is 10.1 Å². The van der Waals surface area contributed by atoms with Gasteiger partial charge in [-0.3, -0.25) is 9.59 Å². The SMILES string of the molecule is N#CC1CC(C(=O)Nc2ccc(F)cc2)CN1C=O. The summed E-state index contributed by atoms with van der Waals surface area (Å²) in [5.41, 5.74) is 0.490. The minimum Gasteiger partial charge on any atom is -0.328 e. The lowest BCUT2D eigenvalue weighted by molar-refractivity contribution is -0.120. The Kier molecular flexibility index (Phi) is 3.76. The average Bonchev–Trinajstić information content (AvgIpc) is 2.84. The van der Waals surface area contributed by atoms with E-state index in [0.29, 0.717) is 18.5 Å². The topological polar surface area (TPSA) is 73.2 Å². The number of carbonyl (C=O) groups excluding carboxylic acids is 2. The van der Waals surface area contributed by atoms with Gasteiger partial charge in [-0.1, -0.05) is 0 Å². The first-order chi connectivity index (χ1) is 9.13. The molecule has 2 atom stereocenters. The third-order valence-corrected chi connectivity index (χ3v) is 3.11. The zero-order valence-corrected chi connectivity index (χ0v) is 10.0. The molecule has 1 aliphatic heterocycles. The molecule has 6 heteroatoms. The van der Waals surface area contributed by atoms with Crippen molar-refractivity contribution in [1.82, 2.24) is 4.90 Å². The van der Waals surface area contributed by atoms with E-state index in [9.17, 15) is 14.0 Å². The molecule has 0 aliphatic carbocycles. The molecule has 2 unspecified atom stereocenters. The van der Waals surface area contributed by atoms with Crippen molar-refractivity contribution in [2.24, 2.45) is 5.92 Å². The number of nitrogens with zero attached hydrogens (tertiary/aromatic N) is 2. The van der Waals surface area contributed by atoms with Gasteiger partial charge < -0.3 is 10.2 Å². The van der Waals surface area contributed by atoms with E-state index in [1.54, 1.807) is 0 Å². The highest BCUT2D eigenvalue weighted by Crippen LogP contribution is 2.23. The molecule has 0 radical (unpaired) electrons. The van der Waals surface area contributed by atoms with Gasteiger partial charge in [0, 0.05) is 12.2 Å². The van der Waals surface area contributed by atoms with E-state index in [1.807, 2.05) is 6.07 Å². The third kappa shape index (κ3) is 2.88. The first kappa shape index (κ1) is 13.0. The molecule has 1 aromatic carbocycles. The summed E-state index contributed by atoms with van der Waals surface area (Å²) in [5.74, 6) is -1.06. The molecule has 1 aromatic rings. The predicted octanol–water partition coefficient (Wildman–Crippen LogP) is 1.13. The summed E-state index contributed by atoms with van der Waals surface area (Å²) in [6, 6.07) is 6.85. The van der Waals surface area contributed by atoms with Gasteiger partial charge in [-0.15, -0.1) is 0 Å². The second-order valence-electron chi connectivity index (χ2n) is 4.38. The summed E-state index contributed by atoms with van der Waals surface area (Å²) in [6.45, 7) is 0.231. The molecule has 1 aliphatic rings. The second-order valence-corrected chi connectivity index (χ2v) is 4.38. The number of amides is 2. The highest BCUT2D eigenvalue weighted by molar-refractivity contribution is 5.93. The maximum Gasteiger partial charge on any atom is 0.229 e. The third-order valence-electron chi connectivity index (χ3n) is 3.11. The number of likely N-dealkylation sites (tertiary alicyclic amines) is 1. The Morgan fingerprint density at radius 2 is 2.16 bits per heavy atom. The largest absolute Gasteiger partial charge is 0.328 e. The summed E-state index contributed by atoms with van der Waals surface area (Å²) >= 11 is 0. The molecule has 1 N–H and O–H groups in total. The number of halogens is 1. The van der Waals surface area contributed by atoms with Crippen LogP contribution in [0.5, 0.6) is 0 Å². The van der Waals surface area contributed by atoms with Crippen LogP contribution in [0.1, 0.15) is 6.42 Å². The van der Waals surface area contributed by atoms with Crippen LogP contribution in [0.2, 0.25) is 0 Å². The molecule has 0 spiro atoms. The van der Waals surface area contributed by atoms with Crippen LogP contribution < -0.4 is 5.32 Å². The highest BCUT2D eigenvalue weighted by Gasteiger charge is 2.35. The number of benzene rings is 1. The number of nitriles is 1. The Morgan fingerprint density at radius 1 is 1.47 bits per heavy atom. The maximum atomic E-state index is 12.7. The fraction of sp³-hybridized carbons (Fsp3) is 0.308. The summed E-state index contributed by atoms with van der Waals surface area (Å²) < 4.78 is 12.7. The molecular weight excluding hydrogens is 249 g/mol. The Balaban J connectivity index is 2.00. The average molecular weight is 261 g/mol. The monoisotopic (exact) mass is 261 g/mol. The number of carbonyl (C=O) groups is 2. The van der Waals surface area contributed by atoms with Crippen LogP contribution in [0.3, 0.4) is 0 Å². The molecule has 0 bridgehead atoms. The number of hydrogen-bond acceptors (Lipinski definition) is 3. The van der Waals surface area contributed by atoms with Gasteiger partial charge in [0.2, 0.25) is 12.3 Å². The van der Waals surface area contributed by atoms with E-state index < -0.39 is 12.0 Å². The van der Waals surface area contributed by atoms with E-state index in [4.69, 9.17) is 5.26 Å². The van der Waals surface area contributed by atoms with Gasteiger partial charge >= 0.3 is 0 Å². The van der Waals surface area contributed by atoms with Gasteiger partial charge in [0.15, 0.2) is 0 Å². The van der Waals surface area contributed by atoms with Crippen molar-refractivity contribution in [3.63, 3.8) is 0 Å². The maximum absolute atomic E-state index is 12.7. The molecule has 1 saturated heterocycles. The Bertz CT molecular complexity index is 524. The number of rotatable bonds is 3. The first-order valence-electron chi connectivity index (χ1n) is 5.81. The molecule has 1 fully saturated rings. The summed E-state index contributed by atoms with van der Waals surface area (Å²) in [7, 11) is 0. The first-order valence-corrected chi connectivity index (χ1v) is 5.81. The van der Waals surface area contributed by atoms with Crippen LogP contribution in [-0.4, -0.2) is 29.8 Å². The fourth-order valence-electron chi connectivity index (χ4n) is 2.07. The van der Waals surface area contributed by atoms with E-state index in [-0.39, 0.29) is 18.3 Å². The van der Waals surface area contributed by atoms with Crippen LogP contribution in [0.15, 0.2) is 24.3 Å². The van der Waals surface area contributed by atoms with E-state index >= 15 is 0 Å². The number of anilines is 1. The van der Waals surface area contributed by atoms with E-state index in [1.165, 1.54) is 29.2 Å². The fourth-order valence-corrected chi connectivity index (χ4v) is 2.07. The van der Waals surface area contributed by atoms with E-state index in [0.717, 1.165) is 0 Å². The number of nitrogens with one attached hydrogen (secondary N) is 1. The van der Waals surface area contributed by atoms with Crippen molar-refractivity contribution in [2.75, 3.05) is 11.9 Å². The molecular formula is C13H12FN3O2. The lowest BCUT2D eigenvalue weighted by Gasteiger charge is -2.12. The molecule has 5 nitrogen and oxygen atoms in total. The molecule has 98 valence electrons. The Hall–Kier alpha value is -2.42. The minimum absolute atomic E-state index is 0.231. The van der Waals surface area contributed by atoms with Crippen LogP contribution in [0, 0.1) is 23.1 Å². The molecule has 2 rings (SSSR count). The molecule has 0 aromatic heterocycles. The van der Waals surface area contributed by atoms with Crippen LogP contribution >= 0.6 is 0 Å². The van der Waals surface area contributed by atoms with Gasteiger partial charge in [-0.05, 0) is 30.7 Å². The molecule has 0 saturated carbocycles. The van der Waals surface area contributed by atoms with Crippen LogP contribution in [0.25, 0.3) is 0 Å². The normalized spacial score (nSPS) is 21.8. The lowest BCUT2D eigenvalue weighted by Crippen LogP contribution is -2.28. The van der Waals surface area contributed by atoms with Crippen molar-refractivity contribution in [3.8, 4) is 6.07 Å². The van der Waals surface area contributed by atoms with Gasteiger partial charge in [0.25, 0.3) is 0 Å². The predicted molar refractivity (Wildman–Crippen MR) is 65.3 cm³/mol. The number of hydrogen-bond donors (Lipinski definition) is 1. The Labute approximate surface area is 109 Å². The minimum atomic E-state index is -0.554. The van der Waals surface area contributed by atoms with Crippen molar-refractivity contribution in [3.05, 3.63) is 30.1 Å². The summed E-state index contributed by atoms with van der Waals surface area (Å²) in [5, 5.41) is 11.5. The smallest absolute Gasteiger partial charge is 0.229 e. The molecule has 1 heterocycles. The van der Waals surface area contributed by atoms with Crippen molar-refractivity contribution in [1.29, 1.82) is 5.26 Å². The standard InChI is InChI=1S/C13H12FN3O2/c14-10-1-3-11(4-2-10)16-13(19)9-5-12(6-15)17(7-9)8-18/h1-4,8-9,12H,5,7H2,(H,16,19). The Morgan fingerprint density at radius 3 is 2.68 bits per heavy atom. The van der Waals surface area contributed by atoms with Crippen LogP contribution in [-0.2, 0) is 9.59 Å². The summed E-state index contributed by atoms with van der Waals surface area (Å²) in [4.78, 5) is 24.0. The lowest BCUT2D eigenvalue weighted by atomic mass is 10.1. The van der Waals surface area contributed by atoms with E-state index in [2.05, 4.69) is 5.32 Å². The quantitative estimate of drug-likeness (QED) is 0.829. The molecule has 19 heavy (non-hydrogen) atoms. The zero-order chi connectivity index (χ0) is 13.8. The highest BCUT2D eigenvalue weighted by atomic mass is 19.1. The zero-order valence-electron chi connectivity index (χ0n) is 10.0. The van der Waals surface area contributed by atoms with Gasteiger partial charge in [-0.2, -0.15) is 5.26 Å². The van der Waals surface area contributed by atoms with Gasteiger partial charge in [0.05, 0.1) is 12.0 Å². The van der Waals surface area contributed by atoms with Gasteiger partial charge in [-0.25, -0.2) is 4.39 Å². The molecule has 2 amide bonds. The van der Waals surface area contributed by atoms with Crippen molar-refractivity contribution < 1.29 is 14.0 Å².